The van der Waals surface area contributed by atoms with E-state index >= 15 is 0 Å². The molecule has 1 unspecified atom stereocenters. The van der Waals surface area contributed by atoms with E-state index in [0.29, 0.717) is 34.6 Å². The first-order valence-corrected chi connectivity index (χ1v) is 9.37. The molecule has 1 heterocycles. The minimum Gasteiger partial charge on any atom is -0.619 e. The molecule has 0 spiro atoms. The van der Waals surface area contributed by atoms with Crippen molar-refractivity contribution in [3.63, 3.8) is 0 Å². The van der Waals surface area contributed by atoms with Crippen LogP contribution in [-0.2, 0) is 0 Å². The first-order valence-electron chi connectivity index (χ1n) is 9.37. The first-order chi connectivity index (χ1) is 13.2. The number of carbonyl (C=O) groups excluding carboxylic acids is 1. The molecule has 4 heteroatoms. The van der Waals surface area contributed by atoms with Crippen LogP contribution in [0.3, 0.4) is 0 Å². The van der Waals surface area contributed by atoms with Crippen LogP contribution in [0.4, 0.5) is 0 Å². The fourth-order valence-corrected chi connectivity index (χ4v) is 4.87. The van der Waals surface area contributed by atoms with Gasteiger partial charge in [-0.05, 0) is 40.7 Å². The molecule has 1 N–H and O–H groups in total. The number of amides is 1. The van der Waals surface area contributed by atoms with Gasteiger partial charge in [-0.3, -0.25) is 4.79 Å². The van der Waals surface area contributed by atoms with Gasteiger partial charge in [-0.1, -0.05) is 48.5 Å². The van der Waals surface area contributed by atoms with Crippen molar-refractivity contribution in [1.82, 2.24) is 5.32 Å². The fourth-order valence-electron chi connectivity index (χ4n) is 4.87. The smallest absolute Gasteiger partial charge is 0.257 e. The number of nitrogens with zero attached hydrogens (tertiary/aromatic N) is 1. The molecule has 1 atom stereocenters. The Kier molecular flexibility index (Phi) is 3.71. The van der Waals surface area contributed by atoms with E-state index < -0.39 is 0 Å². The molecule has 0 aliphatic heterocycles. The number of hydrogen-bond donors (Lipinski definition) is 1. The van der Waals surface area contributed by atoms with E-state index in [0.717, 1.165) is 6.42 Å². The van der Waals surface area contributed by atoms with Gasteiger partial charge in [0.25, 0.3) is 5.91 Å². The highest BCUT2D eigenvalue weighted by Crippen LogP contribution is 2.55. The van der Waals surface area contributed by atoms with Crippen molar-refractivity contribution in [2.24, 2.45) is 5.92 Å². The Morgan fingerprint density at radius 1 is 0.963 bits per heavy atom. The monoisotopic (exact) mass is 356 g/mol. The molecule has 134 valence electrons. The van der Waals surface area contributed by atoms with Crippen molar-refractivity contribution in [1.29, 1.82) is 0 Å². The van der Waals surface area contributed by atoms with Crippen LogP contribution in [0.5, 0.6) is 0 Å². The number of hydrogen-bond acceptors (Lipinski definition) is 2. The second-order valence-corrected chi connectivity index (χ2v) is 7.45. The van der Waals surface area contributed by atoms with Gasteiger partial charge in [0, 0.05) is 24.4 Å². The van der Waals surface area contributed by atoms with E-state index in [9.17, 15) is 10.0 Å². The number of nitrogens with one attached hydrogen (secondary N) is 1. The molecule has 3 aliphatic rings. The third kappa shape index (κ3) is 2.60. The highest BCUT2D eigenvalue weighted by Gasteiger charge is 2.42. The molecule has 1 amide bonds. The number of fused-ring (bicyclic) bond motifs is 1. The summed E-state index contributed by atoms with van der Waals surface area (Å²) in [5.41, 5.74) is 6.04. The molecule has 1 aromatic heterocycles. The molecule has 3 aromatic rings. The molecule has 27 heavy (non-hydrogen) atoms. The number of aromatic nitrogens is 1. The maximum absolute atomic E-state index is 12.5. The van der Waals surface area contributed by atoms with E-state index in [-0.39, 0.29) is 5.91 Å². The lowest BCUT2D eigenvalue weighted by Crippen LogP contribution is -2.39. The van der Waals surface area contributed by atoms with Crippen molar-refractivity contribution < 1.29 is 9.52 Å². The van der Waals surface area contributed by atoms with Crippen LogP contribution in [0, 0.1) is 11.1 Å². The molecule has 0 saturated carbocycles. The van der Waals surface area contributed by atoms with Crippen LogP contribution in [0.1, 0.15) is 50.9 Å². The highest BCUT2D eigenvalue weighted by molar-refractivity contribution is 5.93. The molecule has 2 aromatic carbocycles. The zero-order valence-corrected chi connectivity index (χ0v) is 14.8. The summed E-state index contributed by atoms with van der Waals surface area (Å²) in [4.78, 5) is 12.5. The standard InChI is InChI=1S/C23H20N2O2/c26-23(15-6-5-11-25(27)14-15)24-13-16-12-21-17-7-1-3-9-19(17)22(16)20-10-4-2-8-18(20)21/h1-11,14,16,21-22H,12-13H2,(H,24,26). The summed E-state index contributed by atoms with van der Waals surface area (Å²) in [6.45, 7) is 0.608. The molecule has 0 saturated heterocycles. The summed E-state index contributed by atoms with van der Waals surface area (Å²) < 4.78 is 0.657. The Morgan fingerprint density at radius 3 is 2.22 bits per heavy atom. The molecule has 2 bridgehead atoms. The number of rotatable bonds is 3. The lowest BCUT2D eigenvalue weighted by Gasteiger charge is -2.45. The average Bonchev–Trinajstić information content (AvgIpc) is 2.72. The first kappa shape index (κ1) is 16.1. The lowest BCUT2D eigenvalue weighted by molar-refractivity contribution is -0.605. The lowest BCUT2D eigenvalue weighted by atomic mass is 9.59. The van der Waals surface area contributed by atoms with Crippen LogP contribution in [0.2, 0.25) is 0 Å². The summed E-state index contributed by atoms with van der Waals surface area (Å²) >= 11 is 0. The normalized spacial score (nSPS) is 22.0. The molecular formula is C23H20N2O2. The van der Waals surface area contributed by atoms with Crippen LogP contribution in [-0.4, -0.2) is 12.5 Å². The minimum absolute atomic E-state index is 0.191. The third-order valence-corrected chi connectivity index (χ3v) is 5.98. The Hall–Kier alpha value is -3.14. The van der Waals surface area contributed by atoms with E-state index in [1.807, 2.05) is 0 Å². The molecule has 3 aliphatic carbocycles. The van der Waals surface area contributed by atoms with E-state index in [4.69, 9.17) is 0 Å². The van der Waals surface area contributed by atoms with Gasteiger partial charge >= 0.3 is 0 Å². The average molecular weight is 356 g/mol. The van der Waals surface area contributed by atoms with Crippen LogP contribution in [0.15, 0.2) is 73.1 Å². The van der Waals surface area contributed by atoms with Gasteiger partial charge in [-0.15, -0.1) is 0 Å². The van der Waals surface area contributed by atoms with Crippen molar-refractivity contribution in [2.75, 3.05) is 6.54 Å². The zero-order valence-electron chi connectivity index (χ0n) is 14.8. The Morgan fingerprint density at radius 2 is 1.59 bits per heavy atom. The maximum atomic E-state index is 12.5. The maximum Gasteiger partial charge on any atom is 0.257 e. The van der Waals surface area contributed by atoms with Gasteiger partial charge in [0.15, 0.2) is 12.4 Å². The van der Waals surface area contributed by atoms with E-state index in [2.05, 4.69) is 53.8 Å². The van der Waals surface area contributed by atoms with Gasteiger partial charge < -0.3 is 10.5 Å². The van der Waals surface area contributed by atoms with Gasteiger partial charge in [0.1, 0.15) is 5.56 Å². The second kappa shape index (κ2) is 6.23. The predicted octanol–water partition coefficient (Wildman–Crippen LogP) is 3.35. The minimum atomic E-state index is -0.191. The molecule has 6 rings (SSSR count). The Labute approximate surface area is 158 Å². The quantitative estimate of drug-likeness (QED) is 0.578. The van der Waals surface area contributed by atoms with Crippen LogP contribution < -0.4 is 10.0 Å². The van der Waals surface area contributed by atoms with Crippen molar-refractivity contribution in [2.45, 2.75) is 18.3 Å². The molecule has 0 radical (unpaired) electrons. The molecule has 0 fully saturated rings. The summed E-state index contributed by atoms with van der Waals surface area (Å²) in [5, 5.41) is 14.5. The number of benzene rings is 2. The van der Waals surface area contributed by atoms with Crippen LogP contribution in [0.25, 0.3) is 0 Å². The third-order valence-electron chi connectivity index (χ3n) is 5.98. The SMILES string of the molecule is O=C(NCC1CC2c3ccccc3C1c1ccccc12)c1ccc[n+]([O-])c1. The highest BCUT2D eigenvalue weighted by atomic mass is 16.5. The Bertz CT molecular complexity index is 983. The summed E-state index contributed by atoms with van der Waals surface area (Å²) in [7, 11) is 0. The Balaban J connectivity index is 1.43. The number of carbonyl (C=O) groups is 1. The van der Waals surface area contributed by atoms with Crippen molar-refractivity contribution in [3.05, 3.63) is 106 Å². The van der Waals surface area contributed by atoms with Crippen LogP contribution >= 0.6 is 0 Å². The predicted molar refractivity (Wildman–Crippen MR) is 102 cm³/mol. The van der Waals surface area contributed by atoms with Gasteiger partial charge in [0.05, 0.1) is 0 Å². The van der Waals surface area contributed by atoms with Gasteiger partial charge in [0.2, 0.25) is 0 Å². The van der Waals surface area contributed by atoms with E-state index in [1.165, 1.54) is 34.6 Å². The van der Waals surface area contributed by atoms with Crippen molar-refractivity contribution >= 4 is 5.91 Å². The summed E-state index contributed by atoms with van der Waals surface area (Å²) in [6, 6.07) is 20.7. The summed E-state index contributed by atoms with van der Waals surface area (Å²) in [6.07, 6.45) is 3.73. The fraction of sp³-hybridized carbons (Fsp3) is 0.217. The summed E-state index contributed by atoms with van der Waals surface area (Å²) in [5.74, 6) is 0.864. The second-order valence-electron chi connectivity index (χ2n) is 7.45. The van der Waals surface area contributed by atoms with Gasteiger partial charge in [-0.2, -0.15) is 4.73 Å². The largest absolute Gasteiger partial charge is 0.619 e. The van der Waals surface area contributed by atoms with E-state index in [1.54, 1.807) is 12.1 Å². The topological polar surface area (TPSA) is 56.0 Å². The number of pyridine rings is 1. The molecular weight excluding hydrogens is 336 g/mol. The van der Waals surface area contributed by atoms with Gasteiger partial charge in [-0.25, -0.2) is 0 Å². The zero-order chi connectivity index (χ0) is 18.4. The molecule has 4 nitrogen and oxygen atoms in total. The van der Waals surface area contributed by atoms with Crippen molar-refractivity contribution in [3.8, 4) is 0 Å².